The van der Waals surface area contributed by atoms with Gasteiger partial charge in [0.2, 0.25) is 5.88 Å². The van der Waals surface area contributed by atoms with Crippen LogP contribution in [-0.2, 0) is 13.2 Å². The quantitative estimate of drug-likeness (QED) is 0.686. The lowest BCUT2D eigenvalue weighted by Gasteiger charge is -2.13. The van der Waals surface area contributed by atoms with Crippen LogP contribution in [0.5, 0.6) is 5.88 Å². The molecule has 0 spiro atoms. The van der Waals surface area contributed by atoms with Gasteiger partial charge in [0.05, 0.1) is 5.52 Å². The van der Waals surface area contributed by atoms with Crippen LogP contribution in [-0.4, -0.2) is 14.5 Å². The van der Waals surface area contributed by atoms with E-state index in [1.807, 2.05) is 0 Å². The van der Waals surface area contributed by atoms with E-state index in [2.05, 4.69) is 67.4 Å². The third-order valence-electron chi connectivity index (χ3n) is 4.81. The Morgan fingerprint density at radius 1 is 1.04 bits per heavy atom. The van der Waals surface area contributed by atoms with Gasteiger partial charge in [-0.1, -0.05) is 25.1 Å². The summed E-state index contributed by atoms with van der Waals surface area (Å²) < 4.78 is 8.43. The minimum absolute atomic E-state index is 0.528. The monoisotopic (exact) mass is 323 g/mol. The predicted octanol–water partition coefficient (Wildman–Crippen LogP) is 4.65. The summed E-state index contributed by atoms with van der Waals surface area (Å²) in [6.45, 7) is 12.2. The van der Waals surface area contributed by atoms with E-state index in [-0.39, 0.29) is 0 Å². The van der Waals surface area contributed by atoms with Gasteiger partial charge in [0, 0.05) is 12.2 Å². The van der Waals surface area contributed by atoms with E-state index in [4.69, 9.17) is 4.74 Å². The summed E-state index contributed by atoms with van der Waals surface area (Å²) in [5, 5.41) is 0. The summed E-state index contributed by atoms with van der Waals surface area (Å²) in [7, 11) is 0. The molecule has 0 saturated carbocycles. The number of nitrogens with zero attached hydrogens (tertiary/aromatic N) is 3. The Morgan fingerprint density at radius 2 is 1.75 bits per heavy atom. The maximum absolute atomic E-state index is 6.15. The molecule has 0 N–H and O–H groups in total. The van der Waals surface area contributed by atoms with E-state index in [0.29, 0.717) is 12.5 Å². The van der Waals surface area contributed by atoms with Gasteiger partial charge in [-0.15, -0.1) is 0 Å². The van der Waals surface area contributed by atoms with E-state index in [1.54, 1.807) is 6.33 Å². The molecule has 0 fully saturated rings. The molecule has 4 nitrogen and oxygen atoms in total. The molecule has 3 aromatic rings. The summed E-state index contributed by atoms with van der Waals surface area (Å²) in [5.74, 6) is 0.673. The summed E-state index contributed by atoms with van der Waals surface area (Å²) in [6.07, 6.45) is 2.67. The van der Waals surface area contributed by atoms with Crippen molar-refractivity contribution in [3.8, 4) is 5.88 Å². The molecule has 0 unspecified atom stereocenters. The standard InChI is InChI=1S/C20H25N3O/c1-6-10-23-16(5)15(4)18-19(23)20(22-12-21-18)24-11-17-13(2)8-7-9-14(17)3/h7-9,12H,6,10-11H2,1-5H3. The average Bonchev–Trinajstić information content (AvgIpc) is 2.81. The van der Waals surface area contributed by atoms with Crippen LogP contribution in [0, 0.1) is 27.7 Å². The molecule has 0 amide bonds. The number of ether oxygens (including phenoxy) is 1. The van der Waals surface area contributed by atoms with Gasteiger partial charge in [-0.3, -0.25) is 0 Å². The van der Waals surface area contributed by atoms with Crippen LogP contribution < -0.4 is 4.74 Å². The number of aromatic nitrogens is 3. The van der Waals surface area contributed by atoms with E-state index >= 15 is 0 Å². The maximum atomic E-state index is 6.15. The lowest BCUT2D eigenvalue weighted by molar-refractivity contribution is 0.294. The van der Waals surface area contributed by atoms with Crippen molar-refractivity contribution in [1.82, 2.24) is 14.5 Å². The molecule has 0 aliphatic heterocycles. The SMILES string of the molecule is CCCn1c(C)c(C)c2ncnc(OCc3c(C)cccc3C)c21. The highest BCUT2D eigenvalue weighted by molar-refractivity contribution is 5.85. The lowest BCUT2D eigenvalue weighted by atomic mass is 10.0. The second-order valence-corrected chi connectivity index (χ2v) is 6.40. The molecular weight excluding hydrogens is 298 g/mol. The molecule has 0 aliphatic rings. The topological polar surface area (TPSA) is 39.9 Å². The van der Waals surface area contributed by atoms with E-state index in [0.717, 1.165) is 24.0 Å². The third kappa shape index (κ3) is 2.77. The number of rotatable bonds is 5. The van der Waals surface area contributed by atoms with Gasteiger partial charge >= 0.3 is 0 Å². The molecule has 0 atom stereocenters. The Balaban J connectivity index is 2.02. The van der Waals surface area contributed by atoms with Crippen molar-refractivity contribution in [2.24, 2.45) is 0 Å². The van der Waals surface area contributed by atoms with Gasteiger partial charge in [-0.25, -0.2) is 4.98 Å². The highest BCUT2D eigenvalue weighted by Gasteiger charge is 2.17. The predicted molar refractivity (Wildman–Crippen MR) is 97.5 cm³/mol. The minimum atomic E-state index is 0.528. The molecule has 3 rings (SSSR count). The molecular formula is C20H25N3O. The summed E-state index contributed by atoms with van der Waals surface area (Å²) in [6, 6.07) is 6.32. The largest absolute Gasteiger partial charge is 0.471 e. The average molecular weight is 323 g/mol. The van der Waals surface area contributed by atoms with Crippen LogP contribution in [0.1, 0.15) is 41.3 Å². The van der Waals surface area contributed by atoms with Crippen LogP contribution in [0.3, 0.4) is 0 Å². The van der Waals surface area contributed by atoms with Crippen molar-refractivity contribution >= 4 is 11.0 Å². The first-order valence-electron chi connectivity index (χ1n) is 8.52. The Hall–Kier alpha value is -2.36. The third-order valence-corrected chi connectivity index (χ3v) is 4.81. The van der Waals surface area contributed by atoms with Crippen molar-refractivity contribution in [2.45, 2.75) is 54.2 Å². The first kappa shape index (κ1) is 16.5. The molecule has 0 saturated heterocycles. The Kier molecular flexibility index (Phi) is 4.56. The lowest BCUT2D eigenvalue weighted by Crippen LogP contribution is -2.05. The molecule has 0 bridgehead atoms. The first-order chi connectivity index (χ1) is 11.5. The normalized spacial score (nSPS) is 11.2. The van der Waals surface area contributed by atoms with Gasteiger partial charge in [-0.2, -0.15) is 4.98 Å². The summed E-state index contributed by atoms with van der Waals surface area (Å²) in [5.41, 5.74) is 8.18. The summed E-state index contributed by atoms with van der Waals surface area (Å²) in [4.78, 5) is 8.91. The number of benzene rings is 1. The van der Waals surface area contributed by atoms with Crippen molar-refractivity contribution in [3.05, 3.63) is 52.5 Å². The first-order valence-corrected chi connectivity index (χ1v) is 8.52. The van der Waals surface area contributed by atoms with E-state index < -0.39 is 0 Å². The van der Waals surface area contributed by atoms with Crippen LogP contribution in [0.4, 0.5) is 0 Å². The highest BCUT2D eigenvalue weighted by atomic mass is 16.5. The van der Waals surface area contributed by atoms with E-state index in [9.17, 15) is 0 Å². The molecule has 2 aromatic heterocycles. The number of fused-ring (bicyclic) bond motifs is 1. The number of hydrogen-bond donors (Lipinski definition) is 0. The zero-order chi connectivity index (χ0) is 17.3. The van der Waals surface area contributed by atoms with Crippen LogP contribution in [0.15, 0.2) is 24.5 Å². The van der Waals surface area contributed by atoms with Crippen LogP contribution in [0.25, 0.3) is 11.0 Å². The van der Waals surface area contributed by atoms with Gasteiger partial charge in [-0.05, 0) is 56.4 Å². The van der Waals surface area contributed by atoms with Crippen LogP contribution >= 0.6 is 0 Å². The second kappa shape index (κ2) is 6.63. The van der Waals surface area contributed by atoms with Crippen molar-refractivity contribution < 1.29 is 4.74 Å². The fourth-order valence-electron chi connectivity index (χ4n) is 3.25. The molecule has 0 aliphatic carbocycles. The molecule has 2 heterocycles. The molecule has 1 aromatic carbocycles. The van der Waals surface area contributed by atoms with E-state index in [1.165, 1.54) is 27.9 Å². The Labute approximate surface area is 143 Å². The Morgan fingerprint density at radius 3 is 2.42 bits per heavy atom. The zero-order valence-corrected chi connectivity index (χ0v) is 15.2. The molecule has 4 heteroatoms. The second-order valence-electron chi connectivity index (χ2n) is 6.40. The van der Waals surface area contributed by atoms with Crippen molar-refractivity contribution in [3.63, 3.8) is 0 Å². The van der Waals surface area contributed by atoms with Crippen LogP contribution in [0.2, 0.25) is 0 Å². The smallest absolute Gasteiger partial charge is 0.242 e. The van der Waals surface area contributed by atoms with Gasteiger partial charge in [0.1, 0.15) is 18.5 Å². The molecule has 24 heavy (non-hydrogen) atoms. The number of hydrogen-bond acceptors (Lipinski definition) is 3. The van der Waals surface area contributed by atoms with Crippen molar-refractivity contribution in [1.29, 1.82) is 0 Å². The van der Waals surface area contributed by atoms with Gasteiger partial charge in [0.25, 0.3) is 0 Å². The van der Waals surface area contributed by atoms with Crippen molar-refractivity contribution in [2.75, 3.05) is 0 Å². The molecule has 126 valence electrons. The maximum Gasteiger partial charge on any atom is 0.242 e. The summed E-state index contributed by atoms with van der Waals surface area (Å²) >= 11 is 0. The molecule has 0 radical (unpaired) electrons. The van der Waals surface area contributed by atoms with Gasteiger partial charge < -0.3 is 9.30 Å². The van der Waals surface area contributed by atoms with Gasteiger partial charge in [0.15, 0.2) is 0 Å². The fraction of sp³-hybridized carbons (Fsp3) is 0.400. The minimum Gasteiger partial charge on any atom is -0.471 e. The Bertz CT molecular complexity index is 860. The fourth-order valence-corrected chi connectivity index (χ4v) is 3.25. The highest BCUT2D eigenvalue weighted by Crippen LogP contribution is 2.30. The zero-order valence-electron chi connectivity index (χ0n) is 15.2. The number of aryl methyl sites for hydroxylation is 4.